The molecule has 134 valence electrons. The van der Waals surface area contributed by atoms with Crippen molar-refractivity contribution in [3.05, 3.63) is 23.9 Å². The van der Waals surface area contributed by atoms with Crippen LogP contribution >= 0.6 is 0 Å². The third kappa shape index (κ3) is 3.58. The quantitative estimate of drug-likeness (QED) is 0.815. The van der Waals surface area contributed by atoms with Gasteiger partial charge in [-0.2, -0.15) is 10.1 Å². The fraction of sp³-hybridized carbons (Fsp3) is 0.647. The van der Waals surface area contributed by atoms with Crippen molar-refractivity contribution in [3.8, 4) is 0 Å². The van der Waals surface area contributed by atoms with Crippen molar-refractivity contribution in [2.75, 3.05) is 49.1 Å². The average molecular weight is 342 g/mol. The number of nitrogens with zero attached hydrogens (tertiary/aromatic N) is 8. The number of hydrogen-bond donors (Lipinski definition) is 0. The molecule has 2 aliphatic heterocycles. The van der Waals surface area contributed by atoms with Gasteiger partial charge < -0.3 is 9.80 Å². The lowest BCUT2D eigenvalue weighted by Crippen LogP contribution is -2.46. The monoisotopic (exact) mass is 342 g/mol. The minimum Gasteiger partial charge on any atom is -0.354 e. The van der Waals surface area contributed by atoms with E-state index in [1.165, 1.54) is 12.8 Å². The van der Waals surface area contributed by atoms with Crippen molar-refractivity contribution in [2.45, 2.75) is 26.3 Å². The van der Waals surface area contributed by atoms with Crippen molar-refractivity contribution in [1.82, 2.24) is 29.6 Å². The molecule has 0 N–H and O–H groups in total. The molecule has 2 aromatic heterocycles. The van der Waals surface area contributed by atoms with Gasteiger partial charge in [0.1, 0.15) is 18.0 Å². The first kappa shape index (κ1) is 16.3. The van der Waals surface area contributed by atoms with Gasteiger partial charge in [0.25, 0.3) is 0 Å². The molecule has 0 saturated carbocycles. The van der Waals surface area contributed by atoms with Crippen LogP contribution in [0.15, 0.2) is 12.4 Å². The van der Waals surface area contributed by atoms with Gasteiger partial charge in [0.2, 0.25) is 5.95 Å². The van der Waals surface area contributed by atoms with Crippen LogP contribution in [0, 0.1) is 6.92 Å². The van der Waals surface area contributed by atoms with Crippen LogP contribution < -0.4 is 9.80 Å². The topological polar surface area (TPSA) is 66.2 Å². The lowest BCUT2D eigenvalue weighted by Gasteiger charge is -2.35. The van der Waals surface area contributed by atoms with E-state index < -0.39 is 0 Å². The van der Waals surface area contributed by atoms with E-state index in [9.17, 15) is 0 Å². The molecule has 8 nitrogen and oxygen atoms in total. The summed E-state index contributed by atoms with van der Waals surface area (Å²) in [6.45, 7) is 9.05. The second kappa shape index (κ2) is 6.95. The Morgan fingerprint density at radius 1 is 0.960 bits per heavy atom. The summed E-state index contributed by atoms with van der Waals surface area (Å²) in [6.07, 6.45) is 4.11. The molecule has 2 aliphatic rings. The Hall–Kier alpha value is -2.22. The van der Waals surface area contributed by atoms with E-state index in [1.807, 2.05) is 11.7 Å². The maximum Gasteiger partial charge on any atom is 0.227 e. The molecule has 0 unspecified atom stereocenters. The number of aromatic nitrogens is 5. The van der Waals surface area contributed by atoms with E-state index in [1.54, 1.807) is 6.33 Å². The van der Waals surface area contributed by atoms with Crippen molar-refractivity contribution < 1.29 is 0 Å². The Kier molecular flexibility index (Phi) is 4.52. The summed E-state index contributed by atoms with van der Waals surface area (Å²) in [4.78, 5) is 20.9. The second-order valence-corrected chi connectivity index (χ2v) is 6.92. The van der Waals surface area contributed by atoms with Gasteiger partial charge in [0.15, 0.2) is 0 Å². The van der Waals surface area contributed by atoms with Crippen molar-refractivity contribution >= 4 is 11.8 Å². The zero-order valence-electron chi connectivity index (χ0n) is 15.1. The molecule has 0 spiro atoms. The lowest BCUT2D eigenvalue weighted by molar-refractivity contribution is 0.240. The maximum atomic E-state index is 4.85. The van der Waals surface area contributed by atoms with E-state index in [0.29, 0.717) is 0 Å². The first-order valence-corrected chi connectivity index (χ1v) is 9.10. The van der Waals surface area contributed by atoms with E-state index in [4.69, 9.17) is 4.98 Å². The van der Waals surface area contributed by atoms with Crippen LogP contribution in [0.25, 0.3) is 0 Å². The minimum absolute atomic E-state index is 0.853. The molecular weight excluding hydrogens is 316 g/mol. The van der Waals surface area contributed by atoms with Gasteiger partial charge in [-0.15, -0.1) is 0 Å². The largest absolute Gasteiger partial charge is 0.354 e. The standard InChI is InChI=1S/C17H26N8/c1-14-11-15(21-17(20-14)25-5-3-4-6-25)24-9-7-23(8-10-24)12-16-18-13-19-22(16)2/h11,13H,3-10,12H2,1-2H3. The highest BCUT2D eigenvalue weighted by atomic mass is 15.4. The van der Waals surface area contributed by atoms with E-state index >= 15 is 0 Å². The molecule has 0 amide bonds. The van der Waals surface area contributed by atoms with Gasteiger partial charge in [-0.25, -0.2) is 9.97 Å². The molecule has 4 heterocycles. The zero-order valence-corrected chi connectivity index (χ0v) is 15.1. The van der Waals surface area contributed by atoms with Crippen LogP contribution in [0.2, 0.25) is 0 Å². The third-order valence-corrected chi connectivity index (χ3v) is 5.08. The van der Waals surface area contributed by atoms with Crippen LogP contribution in [0.4, 0.5) is 11.8 Å². The van der Waals surface area contributed by atoms with Gasteiger partial charge in [-0.3, -0.25) is 9.58 Å². The molecule has 2 saturated heterocycles. The molecule has 0 aliphatic carbocycles. The van der Waals surface area contributed by atoms with Gasteiger partial charge in [-0.05, 0) is 19.8 Å². The highest BCUT2D eigenvalue weighted by Gasteiger charge is 2.22. The summed E-state index contributed by atoms with van der Waals surface area (Å²) >= 11 is 0. The first-order valence-electron chi connectivity index (χ1n) is 9.10. The summed E-state index contributed by atoms with van der Waals surface area (Å²) in [5.74, 6) is 2.98. The number of aryl methyl sites for hydroxylation is 2. The van der Waals surface area contributed by atoms with E-state index in [0.717, 1.165) is 69.1 Å². The molecule has 4 rings (SSSR count). The first-order chi connectivity index (χ1) is 12.2. The predicted octanol–water partition coefficient (Wildman–Crippen LogP) is 0.836. The van der Waals surface area contributed by atoms with Gasteiger partial charge in [0.05, 0.1) is 6.54 Å². The Bertz CT molecular complexity index is 713. The summed E-state index contributed by atoms with van der Waals surface area (Å²) in [5, 5.41) is 4.15. The Balaban J connectivity index is 1.41. The SMILES string of the molecule is Cc1cc(N2CCN(Cc3ncnn3C)CC2)nc(N2CCCC2)n1. The van der Waals surface area contributed by atoms with Crippen molar-refractivity contribution in [1.29, 1.82) is 0 Å². The summed E-state index contributed by atoms with van der Waals surface area (Å²) in [5.41, 5.74) is 1.05. The molecular formula is C17H26N8. The van der Waals surface area contributed by atoms with E-state index in [-0.39, 0.29) is 0 Å². The molecule has 0 radical (unpaired) electrons. The minimum atomic E-state index is 0.853. The molecule has 0 atom stereocenters. The summed E-state index contributed by atoms with van der Waals surface area (Å²) in [7, 11) is 1.95. The molecule has 2 aromatic rings. The zero-order chi connectivity index (χ0) is 17.2. The van der Waals surface area contributed by atoms with Crippen LogP contribution in [0.1, 0.15) is 24.4 Å². The molecule has 0 aromatic carbocycles. The lowest BCUT2D eigenvalue weighted by atomic mass is 10.3. The van der Waals surface area contributed by atoms with Crippen LogP contribution in [-0.2, 0) is 13.6 Å². The van der Waals surface area contributed by atoms with Gasteiger partial charge >= 0.3 is 0 Å². The maximum absolute atomic E-state index is 4.85. The number of hydrogen-bond acceptors (Lipinski definition) is 7. The second-order valence-electron chi connectivity index (χ2n) is 6.92. The van der Waals surface area contributed by atoms with Crippen LogP contribution in [0.3, 0.4) is 0 Å². The number of anilines is 2. The average Bonchev–Trinajstić information content (AvgIpc) is 3.28. The van der Waals surface area contributed by atoms with Crippen molar-refractivity contribution in [2.24, 2.45) is 7.05 Å². The Morgan fingerprint density at radius 3 is 2.40 bits per heavy atom. The fourth-order valence-electron chi connectivity index (χ4n) is 3.56. The molecule has 25 heavy (non-hydrogen) atoms. The summed E-state index contributed by atoms with van der Waals surface area (Å²) in [6, 6.07) is 2.11. The van der Waals surface area contributed by atoms with Gasteiger partial charge in [-0.1, -0.05) is 0 Å². The molecule has 2 fully saturated rings. The molecule has 8 heteroatoms. The van der Waals surface area contributed by atoms with E-state index in [2.05, 4.69) is 42.8 Å². The third-order valence-electron chi connectivity index (χ3n) is 5.08. The predicted molar refractivity (Wildman–Crippen MR) is 96.7 cm³/mol. The highest BCUT2D eigenvalue weighted by molar-refractivity contribution is 5.46. The van der Waals surface area contributed by atoms with Crippen molar-refractivity contribution in [3.63, 3.8) is 0 Å². The number of rotatable bonds is 4. The normalized spacial score (nSPS) is 19.0. The fourth-order valence-corrected chi connectivity index (χ4v) is 3.56. The smallest absolute Gasteiger partial charge is 0.227 e. The van der Waals surface area contributed by atoms with Crippen LogP contribution in [0.5, 0.6) is 0 Å². The molecule has 0 bridgehead atoms. The Morgan fingerprint density at radius 2 is 1.72 bits per heavy atom. The number of piperazine rings is 1. The van der Waals surface area contributed by atoms with Gasteiger partial charge in [0, 0.05) is 58.1 Å². The van der Waals surface area contributed by atoms with Crippen LogP contribution in [-0.4, -0.2) is 68.9 Å². The summed E-state index contributed by atoms with van der Waals surface area (Å²) < 4.78 is 1.85. The highest BCUT2D eigenvalue weighted by Crippen LogP contribution is 2.22. The Labute approximate surface area is 148 Å².